The first-order valence-corrected chi connectivity index (χ1v) is 6.33. The van der Waals surface area contributed by atoms with Crippen LogP contribution in [-0.4, -0.2) is 16.8 Å². The molecule has 0 fully saturated rings. The van der Waals surface area contributed by atoms with Gasteiger partial charge in [-0.3, -0.25) is 4.68 Å². The summed E-state index contributed by atoms with van der Waals surface area (Å²) in [6.45, 7) is 4.16. The minimum Gasteiger partial charge on any atom is -0.311 e. The standard InChI is InChI=1S/C15H21N3/c1-11-6-5-7-13(8-11)10-14(16-3)15-9-12(2)17-18(15)4/h5-9,14,16H,10H2,1-4H3. The van der Waals surface area contributed by atoms with Gasteiger partial charge in [0.2, 0.25) is 0 Å². The molecule has 0 aliphatic carbocycles. The monoisotopic (exact) mass is 243 g/mol. The summed E-state index contributed by atoms with van der Waals surface area (Å²) in [5.41, 5.74) is 4.96. The Morgan fingerprint density at radius 2 is 2.06 bits per heavy atom. The fourth-order valence-electron chi connectivity index (χ4n) is 2.39. The molecule has 0 amide bonds. The highest BCUT2D eigenvalue weighted by Crippen LogP contribution is 2.19. The highest BCUT2D eigenvalue weighted by molar-refractivity contribution is 5.25. The van der Waals surface area contributed by atoms with Gasteiger partial charge in [0.25, 0.3) is 0 Å². The SMILES string of the molecule is CNC(Cc1cccc(C)c1)c1cc(C)nn1C. The lowest BCUT2D eigenvalue weighted by atomic mass is 10.0. The molecule has 1 heterocycles. The number of rotatable bonds is 4. The lowest BCUT2D eigenvalue weighted by Crippen LogP contribution is -2.21. The molecule has 1 unspecified atom stereocenters. The van der Waals surface area contributed by atoms with Crippen molar-refractivity contribution in [2.75, 3.05) is 7.05 Å². The van der Waals surface area contributed by atoms with E-state index in [-0.39, 0.29) is 0 Å². The van der Waals surface area contributed by atoms with E-state index in [2.05, 4.69) is 47.7 Å². The maximum absolute atomic E-state index is 4.42. The van der Waals surface area contributed by atoms with E-state index in [1.165, 1.54) is 16.8 Å². The topological polar surface area (TPSA) is 29.9 Å². The number of hydrogen-bond donors (Lipinski definition) is 1. The number of nitrogens with one attached hydrogen (secondary N) is 1. The summed E-state index contributed by atoms with van der Waals surface area (Å²) < 4.78 is 1.96. The smallest absolute Gasteiger partial charge is 0.0597 e. The average Bonchev–Trinajstić information content (AvgIpc) is 2.65. The van der Waals surface area contributed by atoms with Gasteiger partial charge in [-0.2, -0.15) is 5.10 Å². The molecule has 0 spiro atoms. The second kappa shape index (κ2) is 5.36. The molecule has 0 aliphatic rings. The first-order chi connectivity index (χ1) is 8.60. The molecule has 0 aliphatic heterocycles. The molecule has 96 valence electrons. The normalized spacial score (nSPS) is 12.7. The Bertz CT molecular complexity index is 528. The number of aromatic nitrogens is 2. The Morgan fingerprint density at radius 1 is 1.28 bits per heavy atom. The Balaban J connectivity index is 2.22. The lowest BCUT2D eigenvalue weighted by Gasteiger charge is -2.16. The predicted octanol–water partition coefficient (Wildman–Crippen LogP) is 2.54. The van der Waals surface area contributed by atoms with Crippen molar-refractivity contribution in [2.24, 2.45) is 7.05 Å². The van der Waals surface area contributed by atoms with Gasteiger partial charge in [-0.25, -0.2) is 0 Å². The van der Waals surface area contributed by atoms with Crippen molar-refractivity contribution >= 4 is 0 Å². The predicted molar refractivity (Wildman–Crippen MR) is 74.6 cm³/mol. The summed E-state index contributed by atoms with van der Waals surface area (Å²) >= 11 is 0. The highest BCUT2D eigenvalue weighted by Gasteiger charge is 2.14. The Labute approximate surface area is 109 Å². The second-order valence-electron chi connectivity index (χ2n) is 4.87. The summed E-state index contributed by atoms with van der Waals surface area (Å²) in [6.07, 6.45) is 0.983. The van der Waals surface area contributed by atoms with Gasteiger partial charge in [-0.05, 0) is 38.9 Å². The highest BCUT2D eigenvalue weighted by atomic mass is 15.3. The van der Waals surface area contributed by atoms with Crippen molar-refractivity contribution in [1.82, 2.24) is 15.1 Å². The van der Waals surface area contributed by atoms with Crippen LogP contribution in [0.2, 0.25) is 0 Å². The summed E-state index contributed by atoms with van der Waals surface area (Å²) in [6, 6.07) is 11.1. The van der Waals surface area contributed by atoms with Gasteiger partial charge < -0.3 is 5.32 Å². The number of likely N-dealkylation sites (N-methyl/N-ethyl adjacent to an activating group) is 1. The molecular formula is C15H21N3. The Morgan fingerprint density at radius 3 is 2.61 bits per heavy atom. The van der Waals surface area contributed by atoms with Crippen LogP contribution in [-0.2, 0) is 13.5 Å². The van der Waals surface area contributed by atoms with Crippen molar-refractivity contribution in [3.05, 3.63) is 52.8 Å². The van der Waals surface area contributed by atoms with Crippen LogP contribution in [0.5, 0.6) is 0 Å². The molecule has 0 bridgehead atoms. The van der Waals surface area contributed by atoms with E-state index in [0.717, 1.165) is 12.1 Å². The van der Waals surface area contributed by atoms with Gasteiger partial charge in [-0.15, -0.1) is 0 Å². The average molecular weight is 243 g/mol. The van der Waals surface area contributed by atoms with Gasteiger partial charge in [0.15, 0.2) is 0 Å². The van der Waals surface area contributed by atoms with Gasteiger partial charge in [0.1, 0.15) is 0 Å². The van der Waals surface area contributed by atoms with Crippen LogP contribution in [0.15, 0.2) is 30.3 Å². The van der Waals surface area contributed by atoms with Crippen molar-refractivity contribution in [2.45, 2.75) is 26.3 Å². The molecule has 1 atom stereocenters. The fourth-order valence-corrected chi connectivity index (χ4v) is 2.39. The first kappa shape index (κ1) is 12.8. The van der Waals surface area contributed by atoms with Gasteiger partial charge in [0.05, 0.1) is 17.4 Å². The number of aryl methyl sites for hydroxylation is 3. The minimum atomic E-state index is 0.304. The molecule has 2 rings (SSSR count). The van der Waals surface area contributed by atoms with Crippen LogP contribution in [0.3, 0.4) is 0 Å². The third-order valence-corrected chi connectivity index (χ3v) is 3.27. The molecule has 18 heavy (non-hydrogen) atoms. The molecule has 1 aromatic carbocycles. The second-order valence-corrected chi connectivity index (χ2v) is 4.87. The van der Waals surface area contributed by atoms with Crippen LogP contribution < -0.4 is 5.32 Å². The van der Waals surface area contributed by atoms with Gasteiger partial charge in [-0.1, -0.05) is 29.8 Å². The molecule has 0 saturated heterocycles. The number of nitrogens with zero attached hydrogens (tertiary/aromatic N) is 2. The fraction of sp³-hybridized carbons (Fsp3) is 0.400. The molecule has 3 heteroatoms. The summed E-state index contributed by atoms with van der Waals surface area (Å²) in [5, 5.41) is 7.80. The molecule has 1 aromatic heterocycles. The number of hydrogen-bond acceptors (Lipinski definition) is 2. The zero-order valence-electron chi connectivity index (χ0n) is 11.6. The zero-order chi connectivity index (χ0) is 13.1. The third kappa shape index (κ3) is 2.79. The largest absolute Gasteiger partial charge is 0.311 e. The minimum absolute atomic E-state index is 0.304. The summed E-state index contributed by atoms with van der Waals surface area (Å²) in [7, 11) is 4.01. The number of benzene rings is 1. The molecular weight excluding hydrogens is 222 g/mol. The van der Waals surface area contributed by atoms with E-state index in [0.29, 0.717) is 6.04 Å². The van der Waals surface area contributed by atoms with Crippen molar-refractivity contribution in [1.29, 1.82) is 0 Å². The van der Waals surface area contributed by atoms with E-state index in [4.69, 9.17) is 0 Å². The lowest BCUT2D eigenvalue weighted by molar-refractivity contribution is 0.537. The quantitative estimate of drug-likeness (QED) is 0.894. The van der Waals surface area contributed by atoms with Crippen molar-refractivity contribution in [3.8, 4) is 0 Å². The zero-order valence-corrected chi connectivity index (χ0v) is 11.6. The third-order valence-electron chi connectivity index (χ3n) is 3.27. The molecule has 2 aromatic rings. The van der Waals surface area contributed by atoms with Gasteiger partial charge in [0, 0.05) is 7.05 Å². The maximum Gasteiger partial charge on any atom is 0.0597 e. The molecule has 1 N–H and O–H groups in total. The van der Waals surface area contributed by atoms with E-state index in [1.54, 1.807) is 0 Å². The summed E-state index contributed by atoms with van der Waals surface area (Å²) in [5.74, 6) is 0. The molecule has 0 saturated carbocycles. The van der Waals surface area contributed by atoms with Gasteiger partial charge >= 0.3 is 0 Å². The summed E-state index contributed by atoms with van der Waals surface area (Å²) in [4.78, 5) is 0. The van der Waals surface area contributed by atoms with Crippen molar-refractivity contribution < 1.29 is 0 Å². The molecule has 3 nitrogen and oxygen atoms in total. The van der Waals surface area contributed by atoms with Crippen LogP contribution in [0.1, 0.15) is 28.6 Å². The van der Waals surface area contributed by atoms with E-state index in [1.807, 2.05) is 25.7 Å². The van der Waals surface area contributed by atoms with Crippen LogP contribution in [0.4, 0.5) is 0 Å². The van der Waals surface area contributed by atoms with Crippen LogP contribution >= 0.6 is 0 Å². The first-order valence-electron chi connectivity index (χ1n) is 6.33. The van der Waals surface area contributed by atoms with E-state index >= 15 is 0 Å². The van der Waals surface area contributed by atoms with Crippen molar-refractivity contribution in [3.63, 3.8) is 0 Å². The van der Waals surface area contributed by atoms with Crippen LogP contribution in [0.25, 0.3) is 0 Å². The Hall–Kier alpha value is -1.61. The van der Waals surface area contributed by atoms with Crippen LogP contribution in [0, 0.1) is 13.8 Å². The molecule has 0 radical (unpaired) electrons. The van der Waals surface area contributed by atoms with E-state index < -0.39 is 0 Å². The Kier molecular flexibility index (Phi) is 3.82. The van der Waals surface area contributed by atoms with E-state index in [9.17, 15) is 0 Å². The maximum atomic E-state index is 4.42.